The number of unbranched alkanes of at least 4 members (excludes halogenated alkanes) is 1. The zero-order valence-corrected chi connectivity index (χ0v) is 18.5. The van der Waals surface area contributed by atoms with E-state index in [-0.39, 0.29) is 0 Å². The second kappa shape index (κ2) is 10.5. The number of anilines is 2. The summed E-state index contributed by atoms with van der Waals surface area (Å²) in [5, 5.41) is 3.43. The molecule has 1 aliphatic heterocycles. The van der Waals surface area contributed by atoms with E-state index in [1.54, 1.807) is 7.11 Å². The Labute approximate surface area is 176 Å². The molecule has 0 radical (unpaired) electrons. The molecule has 0 atom stereocenters. The zero-order chi connectivity index (χ0) is 20.6. The number of piperazine rings is 1. The Balaban J connectivity index is 1.42. The number of rotatable bonds is 9. The van der Waals surface area contributed by atoms with Gasteiger partial charge >= 0.3 is 0 Å². The molecule has 0 amide bonds. The van der Waals surface area contributed by atoms with Crippen LogP contribution in [0.25, 0.3) is 0 Å². The maximum atomic E-state index is 5.48. The molecule has 3 rings (SSSR count). The maximum Gasteiger partial charge on any atom is 0.152 e. The minimum absolute atomic E-state index is 0.923. The van der Waals surface area contributed by atoms with Crippen molar-refractivity contribution in [1.82, 2.24) is 9.88 Å². The maximum absolute atomic E-state index is 5.48. The highest BCUT2D eigenvalue weighted by molar-refractivity contribution is 5.65. The summed E-state index contributed by atoms with van der Waals surface area (Å²) in [7, 11) is 1.75. The minimum atomic E-state index is 0.923. The molecule has 0 saturated carbocycles. The first-order valence-corrected chi connectivity index (χ1v) is 10.9. The van der Waals surface area contributed by atoms with Crippen molar-refractivity contribution in [2.24, 2.45) is 0 Å². The van der Waals surface area contributed by atoms with E-state index in [4.69, 9.17) is 4.74 Å². The molecule has 1 aliphatic rings. The van der Waals surface area contributed by atoms with Crippen LogP contribution < -0.4 is 15.0 Å². The molecule has 0 bridgehead atoms. The van der Waals surface area contributed by atoms with Crippen molar-refractivity contribution in [1.29, 1.82) is 0 Å². The Bertz CT molecular complexity index is 761. The van der Waals surface area contributed by atoms with Crippen LogP contribution in [0, 0.1) is 13.8 Å². The topological polar surface area (TPSA) is 40.6 Å². The van der Waals surface area contributed by atoms with Gasteiger partial charge in [-0.25, -0.2) is 4.98 Å². The van der Waals surface area contributed by atoms with E-state index in [0.717, 1.165) is 56.4 Å². The summed E-state index contributed by atoms with van der Waals surface area (Å²) in [6, 6.07) is 8.68. The van der Waals surface area contributed by atoms with Crippen LogP contribution >= 0.6 is 0 Å². The van der Waals surface area contributed by atoms with Crippen LogP contribution in [0.15, 0.2) is 30.5 Å². The summed E-state index contributed by atoms with van der Waals surface area (Å²) in [4.78, 5) is 9.63. The number of aromatic nitrogens is 1. The Hall–Kier alpha value is -2.27. The van der Waals surface area contributed by atoms with Crippen LogP contribution in [0.2, 0.25) is 0 Å². The van der Waals surface area contributed by atoms with E-state index in [1.807, 2.05) is 12.3 Å². The summed E-state index contributed by atoms with van der Waals surface area (Å²) < 4.78 is 5.48. The number of nitrogens with zero attached hydrogens (tertiary/aromatic N) is 3. The number of nitrogens with one attached hydrogen (secondary N) is 1. The van der Waals surface area contributed by atoms with Crippen LogP contribution in [0.3, 0.4) is 0 Å². The average Bonchev–Trinajstić information content (AvgIpc) is 2.72. The van der Waals surface area contributed by atoms with Gasteiger partial charge in [-0.15, -0.1) is 0 Å². The Morgan fingerprint density at radius 2 is 1.79 bits per heavy atom. The summed E-state index contributed by atoms with van der Waals surface area (Å²) in [5.41, 5.74) is 5.06. The zero-order valence-electron chi connectivity index (χ0n) is 18.5. The van der Waals surface area contributed by atoms with Crippen LogP contribution in [0.5, 0.6) is 5.75 Å². The molecule has 1 N–H and O–H groups in total. The number of hydrogen-bond acceptors (Lipinski definition) is 5. The predicted molar refractivity (Wildman–Crippen MR) is 122 cm³/mol. The molecule has 1 aromatic carbocycles. The van der Waals surface area contributed by atoms with Gasteiger partial charge in [-0.05, 0) is 75.4 Å². The van der Waals surface area contributed by atoms with Crippen molar-refractivity contribution in [2.75, 3.05) is 56.6 Å². The smallest absolute Gasteiger partial charge is 0.152 e. The second-order valence-corrected chi connectivity index (χ2v) is 7.95. The molecular formula is C24H36N4O. The molecule has 1 saturated heterocycles. The van der Waals surface area contributed by atoms with Crippen molar-refractivity contribution < 1.29 is 4.74 Å². The summed E-state index contributed by atoms with van der Waals surface area (Å²) in [6.45, 7) is 12.8. The van der Waals surface area contributed by atoms with E-state index in [1.165, 1.54) is 36.1 Å². The third-order valence-corrected chi connectivity index (χ3v) is 5.74. The molecule has 5 nitrogen and oxygen atoms in total. The van der Waals surface area contributed by atoms with Gasteiger partial charge in [-0.2, -0.15) is 0 Å². The van der Waals surface area contributed by atoms with E-state index in [9.17, 15) is 0 Å². The van der Waals surface area contributed by atoms with Crippen LogP contribution in [0.4, 0.5) is 11.5 Å². The quantitative estimate of drug-likeness (QED) is 0.641. The van der Waals surface area contributed by atoms with E-state index < -0.39 is 0 Å². The second-order valence-electron chi connectivity index (χ2n) is 7.95. The lowest BCUT2D eigenvalue weighted by molar-refractivity contribution is 0.252. The SMILES string of the molecule is CCNc1cccnc1N1CCN(CCCCc2cc(C)c(OC)c(C)c2)CC1. The highest BCUT2D eigenvalue weighted by atomic mass is 16.5. The normalized spacial score (nSPS) is 14.8. The number of aryl methyl sites for hydroxylation is 3. The fourth-order valence-electron chi connectivity index (χ4n) is 4.33. The van der Waals surface area contributed by atoms with Crippen molar-refractivity contribution in [3.05, 3.63) is 47.2 Å². The minimum Gasteiger partial charge on any atom is -0.496 e. The molecule has 0 spiro atoms. The van der Waals surface area contributed by atoms with Gasteiger partial charge in [0.25, 0.3) is 0 Å². The molecular weight excluding hydrogens is 360 g/mol. The van der Waals surface area contributed by atoms with Crippen molar-refractivity contribution in [3.63, 3.8) is 0 Å². The number of hydrogen-bond donors (Lipinski definition) is 1. The number of pyridine rings is 1. The lowest BCUT2D eigenvalue weighted by Gasteiger charge is -2.36. The van der Waals surface area contributed by atoms with Crippen molar-refractivity contribution in [2.45, 2.75) is 40.0 Å². The Morgan fingerprint density at radius 1 is 1.07 bits per heavy atom. The summed E-state index contributed by atoms with van der Waals surface area (Å²) in [5.74, 6) is 2.12. The van der Waals surface area contributed by atoms with E-state index in [2.05, 4.69) is 59.1 Å². The van der Waals surface area contributed by atoms with E-state index in [0.29, 0.717) is 0 Å². The number of ether oxygens (including phenoxy) is 1. The molecule has 2 heterocycles. The molecule has 1 fully saturated rings. The monoisotopic (exact) mass is 396 g/mol. The third-order valence-electron chi connectivity index (χ3n) is 5.74. The Morgan fingerprint density at radius 3 is 2.45 bits per heavy atom. The van der Waals surface area contributed by atoms with Crippen LogP contribution in [0.1, 0.15) is 36.5 Å². The van der Waals surface area contributed by atoms with Gasteiger partial charge < -0.3 is 15.0 Å². The molecule has 29 heavy (non-hydrogen) atoms. The van der Waals surface area contributed by atoms with E-state index >= 15 is 0 Å². The predicted octanol–water partition coefficient (Wildman–Crippen LogP) is 4.28. The molecule has 2 aromatic rings. The fraction of sp³-hybridized carbons (Fsp3) is 0.542. The lowest BCUT2D eigenvalue weighted by atomic mass is 10.0. The first-order valence-electron chi connectivity index (χ1n) is 10.9. The van der Waals surface area contributed by atoms with Gasteiger partial charge in [-0.1, -0.05) is 12.1 Å². The van der Waals surface area contributed by atoms with Crippen LogP contribution in [-0.4, -0.2) is 56.3 Å². The number of methoxy groups -OCH3 is 1. The van der Waals surface area contributed by atoms with Crippen LogP contribution in [-0.2, 0) is 6.42 Å². The fourth-order valence-corrected chi connectivity index (χ4v) is 4.33. The van der Waals surface area contributed by atoms with Gasteiger partial charge in [0.15, 0.2) is 5.82 Å². The van der Waals surface area contributed by atoms with Gasteiger partial charge in [0, 0.05) is 38.9 Å². The van der Waals surface area contributed by atoms with Crippen molar-refractivity contribution in [3.8, 4) is 5.75 Å². The lowest BCUT2D eigenvalue weighted by Crippen LogP contribution is -2.47. The molecule has 0 unspecified atom stereocenters. The van der Waals surface area contributed by atoms with Gasteiger partial charge in [0.1, 0.15) is 5.75 Å². The van der Waals surface area contributed by atoms with Gasteiger partial charge in [0.2, 0.25) is 0 Å². The Kier molecular flexibility index (Phi) is 7.76. The first-order chi connectivity index (χ1) is 14.1. The standard InChI is InChI=1S/C24H36N4O/c1-5-25-22-10-8-11-26-24(22)28-15-13-27(14-16-28)12-7-6-9-21-17-19(2)23(29-4)20(3)18-21/h8,10-11,17-18,25H,5-7,9,12-16H2,1-4H3. The average molecular weight is 397 g/mol. The molecule has 1 aromatic heterocycles. The summed E-state index contributed by atoms with van der Waals surface area (Å²) >= 11 is 0. The molecule has 5 heteroatoms. The molecule has 0 aliphatic carbocycles. The van der Waals surface area contributed by atoms with Crippen molar-refractivity contribution >= 4 is 11.5 Å². The third kappa shape index (κ3) is 5.63. The van der Waals surface area contributed by atoms with Gasteiger partial charge in [0.05, 0.1) is 12.8 Å². The molecule has 158 valence electrons. The first kappa shape index (κ1) is 21.4. The number of benzene rings is 1. The highest BCUT2D eigenvalue weighted by Crippen LogP contribution is 2.25. The van der Waals surface area contributed by atoms with Gasteiger partial charge in [-0.3, -0.25) is 4.90 Å². The highest BCUT2D eigenvalue weighted by Gasteiger charge is 2.19. The largest absolute Gasteiger partial charge is 0.496 e. The summed E-state index contributed by atoms with van der Waals surface area (Å²) in [6.07, 6.45) is 5.52.